The summed E-state index contributed by atoms with van der Waals surface area (Å²) in [6.45, 7) is 5.69. The molecule has 0 aliphatic carbocycles. The molecular formula is C22H28N4O2. The summed E-state index contributed by atoms with van der Waals surface area (Å²) in [5.74, 6) is 2.11. The third-order valence-corrected chi connectivity index (χ3v) is 5.54. The highest BCUT2D eigenvalue weighted by molar-refractivity contribution is 5.78. The first-order chi connectivity index (χ1) is 13.7. The minimum absolute atomic E-state index is 0.499. The van der Waals surface area contributed by atoms with Crippen molar-refractivity contribution in [2.75, 3.05) is 26.8 Å². The molecule has 0 saturated carbocycles. The average Bonchev–Trinajstić information content (AvgIpc) is 3.07. The first-order valence-corrected chi connectivity index (χ1v) is 9.99. The zero-order chi connectivity index (χ0) is 19.5. The van der Waals surface area contributed by atoms with Crippen molar-refractivity contribution in [3.63, 3.8) is 0 Å². The first kappa shape index (κ1) is 18.7. The molecule has 1 fully saturated rings. The van der Waals surface area contributed by atoms with Crippen LogP contribution in [0, 0.1) is 0 Å². The Morgan fingerprint density at radius 2 is 1.96 bits per heavy atom. The number of likely N-dealkylation sites (tertiary alicyclic amines) is 1. The number of pyridine rings is 1. The quantitative estimate of drug-likeness (QED) is 0.652. The number of piperidine rings is 1. The maximum absolute atomic E-state index is 5.62. The smallest absolute Gasteiger partial charge is 0.161 e. The number of methoxy groups -OCH3 is 1. The molecule has 6 nitrogen and oxygen atoms in total. The molecule has 4 rings (SSSR count). The minimum atomic E-state index is 0.499. The van der Waals surface area contributed by atoms with Gasteiger partial charge in [-0.05, 0) is 62.7 Å². The van der Waals surface area contributed by atoms with Gasteiger partial charge in [0.1, 0.15) is 0 Å². The number of hydrogen-bond acceptors (Lipinski definition) is 5. The van der Waals surface area contributed by atoms with Gasteiger partial charge < -0.3 is 9.47 Å². The van der Waals surface area contributed by atoms with Crippen LogP contribution in [0.2, 0.25) is 0 Å². The molecule has 0 unspecified atom stereocenters. The van der Waals surface area contributed by atoms with Gasteiger partial charge in [0.15, 0.2) is 17.1 Å². The normalized spacial score (nSPS) is 15.8. The van der Waals surface area contributed by atoms with Gasteiger partial charge in [-0.1, -0.05) is 6.07 Å². The van der Waals surface area contributed by atoms with E-state index in [1.807, 2.05) is 37.0 Å². The third-order valence-electron chi connectivity index (χ3n) is 5.54. The number of rotatable bonds is 6. The Kier molecular flexibility index (Phi) is 5.48. The lowest BCUT2D eigenvalue weighted by Crippen LogP contribution is -2.32. The predicted molar refractivity (Wildman–Crippen MR) is 110 cm³/mol. The van der Waals surface area contributed by atoms with Crippen LogP contribution in [0.15, 0.2) is 36.5 Å². The Morgan fingerprint density at radius 1 is 1.14 bits per heavy atom. The lowest BCUT2D eigenvalue weighted by Gasteiger charge is -2.31. The Labute approximate surface area is 166 Å². The van der Waals surface area contributed by atoms with Gasteiger partial charge >= 0.3 is 0 Å². The molecule has 1 aliphatic rings. The highest BCUT2D eigenvalue weighted by Gasteiger charge is 2.25. The molecule has 6 heteroatoms. The number of benzene rings is 1. The fraction of sp³-hybridized carbons (Fsp3) is 0.455. The van der Waals surface area contributed by atoms with Crippen LogP contribution in [-0.2, 0) is 13.6 Å². The maximum Gasteiger partial charge on any atom is 0.161 e. The topological polar surface area (TPSA) is 52.4 Å². The largest absolute Gasteiger partial charge is 0.493 e. The predicted octanol–water partition coefficient (Wildman–Crippen LogP) is 3.76. The molecule has 0 amide bonds. The summed E-state index contributed by atoms with van der Waals surface area (Å²) in [4.78, 5) is 6.98. The number of aromatic nitrogens is 3. The van der Waals surface area contributed by atoms with Crippen molar-refractivity contribution in [3.05, 3.63) is 47.8 Å². The summed E-state index contributed by atoms with van der Waals surface area (Å²) in [7, 11) is 3.67. The van der Waals surface area contributed by atoms with Crippen LogP contribution in [0.4, 0.5) is 0 Å². The van der Waals surface area contributed by atoms with E-state index in [2.05, 4.69) is 28.1 Å². The highest BCUT2D eigenvalue weighted by atomic mass is 16.5. The summed E-state index contributed by atoms with van der Waals surface area (Å²) < 4.78 is 13.0. The van der Waals surface area contributed by atoms with Crippen molar-refractivity contribution in [2.45, 2.75) is 32.2 Å². The van der Waals surface area contributed by atoms with Gasteiger partial charge in [0, 0.05) is 31.1 Å². The van der Waals surface area contributed by atoms with Crippen molar-refractivity contribution in [3.8, 4) is 11.5 Å². The summed E-state index contributed by atoms with van der Waals surface area (Å²) in [6.07, 6.45) is 4.08. The molecule has 1 aromatic carbocycles. The highest BCUT2D eigenvalue weighted by Crippen LogP contribution is 2.33. The molecule has 1 saturated heterocycles. The number of hydrogen-bond donors (Lipinski definition) is 0. The van der Waals surface area contributed by atoms with E-state index in [1.54, 1.807) is 7.11 Å². The fourth-order valence-corrected chi connectivity index (χ4v) is 4.13. The molecule has 0 bridgehead atoms. The van der Waals surface area contributed by atoms with Crippen LogP contribution in [0.1, 0.15) is 36.9 Å². The van der Waals surface area contributed by atoms with Gasteiger partial charge in [-0.2, -0.15) is 5.10 Å². The van der Waals surface area contributed by atoms with Crippen molar-refractivity contribution in [1.82, 2.24) is 19.7 Å². The molecular weight excluding hydrogens is 352 g/mol. The summed E-state index contributed by atoms with van der Waals surface area (Å²) in [6, 6.07) is 10.4. The second-order valence-corrected chi connectivity index (χ2v) is 7.35. The van der Waals surface area contributed by atoms with E-state index in [4.69, 9.17) is 14.6 Å². The molecule has 1 aliphatic heterocycles. The van der Waals surface area contributed by atoms with Crippen LogP contribution in [-0.4, -0.2) is 46.5 Å². The number of aryl methyl sites for hydroxylation is 1. The summed E-state index contributed by atoms with van der Waals surface area (Å²) in [5.41, 5.74) is 3.43. The van der Waals surface area contributed by atoms with Crippen LogP contribution >= 0.6 is 0 Å². The Balaban J connectivity index is 1.42. The second-order valence-electron chi connectivity index (χ2n) is 7.35. The average molecular weight is 380 g/mol. The van der Waals surface area contributed by atoms with Crippen molar-refractivity contribution in [1.29, 1.82) is 0 Å². The van der Waals surface area contributed by atoms with E-state index < -0.39 is 0 Å². The Bertz CT molecular complexity index is 945. The monoisotopic (exact) mass is 380 g/mol. The molecule has 3 heterocycles. The van der Waals surface area contributed by atoms with E-state index in [-0.39, 0.29) is 0 Å². The van der Waals surface area contributed by atoms with Gasteiger partial charge in [-0.15, -0.1) is 0 Å². The third kappa shape index (κ3) is 3.69. The van der Waals surface area contributed by atoms with E-state index in [0.717, 1.165) is 49.6 Å². The van der Waals surface area contributed by atoms with Crippen LogP contribution in [0.25, 0.3) is 11.0 Å². The Morgan fingerprint density at radius 3 is 2.71 bits per heavy atom. The molecule has 0 radical (unpaired) electrons. The van der Waals surface area contributed by atoms with Crippen LogP contribution in [0.5, 0.6) is 11.5 Å². The van der Waals surface area contributed by atoms with E-state index >= 15 is 0 Å². The van der Waals surface area contributed by atoms with E-state index in [0.29, 0.717) is 12.5 Å². The second kappa shape index (κ2) is 8.19. The zero-order valence-corrected chi connectivity index (χ0v) is 16.9. The van der Waals surface area contributed by atoms with Crippen molar-refractivity contribution < 1.29 is 9.47 Å². The number of nitrogens with zero attached hydrogens (tertiary/aromatic N) is 4. The van der Waals surface area contributed by atoms with Gasteiger partial charge in [0.2, 0.25) is 0 Å². The summed E-state index contributed by atoms with van der Waals surface area (Å²) >= 11 is 0. The SMILES string of the molecule is CCOc1ccc(CN2CCC(c3nn(C)c4ncccc34)CC2)cc1OC. The molecule has 0 atom stereocenters. The van der Waals surface area contributed by atoms with Gasteiger partial charge in [0.25, 0.3) is 0 Å². The van der Waals surface area contributed by atoms with Crippen molar-refractivity contribution >= 4 is 11.0 Å². The molecule has 0 N–H and O–H groups in total. The first-order valence-electron chi connectivity index (χ1n) is 9.99. The van der Waals surface area contributed by atoms with Gasteiger partial charge in [0.05, 0.1) is 19.4 Å². The van der Waals surface area contributed by atoms with Crippen molar-refractivity contribution in [2.24, 2.45) is 7.05 Å². The van der Waals surface area contributed by atoms with E-state index in [1.165, 1.54) is 16.6 Å². The molecule has 28 heavy (non-hydrogen) atoms. The van der Waals surface area contributed by atoms with Gasteiger partial charge in [-0.25, -0.2) is 4.98 Å². The Hall–Kier alpha value is -2.60. The lowest BCUT2D eigenvalue weighted by molar-refractivity contribution is 0.203. The lowest BCUT2D eigenvalue weighted by atomic mass is 9.92. The zero-order valence-electron chi connectivity index (χ0n) is 16.9. The standard InChI is InChI=1S/C22H28N4O2/c1-4-28-19-8-7-16(14-20(19)27-3)15-26-12-9-17(10-13-26)21-18-6-5-11-23-22(18)25(2)24-21/h5-8,11,14,17H,4,9-10,12-13,15H2,1-3H3. The summed E-state index contributed by atoms with van der Waals surface area (Å²) in [5, 5.41) is 5.97. The molecule has 0 spiro atoms. The van der Waals surface area contributed by atoms with E-state index in [9.17, 15) is 0 Å². The number of fused-ring (bicyclic) bond motifs is 1. The number of ether oxygens (including phenoxy) is 2. The molecule has 3 aromatic rings. The van der Waals surface area contributed by atoms with Crippen LogP contribution in [0.3, 0.4) is 0 Å². The molecule has 2 aromatic heterocycles. The molecule has 148 valence electrons. The maximum atomic E-state index is 5.62. The van der Waals surface area contributed by atoms with Gasteiger partial charge in [-0.3, -0.25) is 9.58 Å². The van der Waals surface area contributed by atoms with Crippen LogP contribution < -0.4 is 9.47 Å². The fourth-order valence-electron chi connectivity index (χ4n) is 4.13. The minimum Gasteiger partial charge on any atom is -0.493 e.